The van der Waals surface area contributed by atoms with E-state index < -0.39 is 0 Å². The van der Waals surface area contributed by atoms with Gasteiger partial charge in [0.2, 0.25) is 0 Å². The van der Waals surface area contributed by atoms with E-state index in [4.69, 9.17) is 0 Å². The number of hydrogen-bond donors (Lipinski definition) is 1. The predicted molar refractivity (Wildman–Crippen MR) is 72.8 cm³/mol. The van der Waals surface area contributed by atoms with E-state index in [1.54, 1.807) is 0 Å². The topological polar surface area (TPSA) is 12.0 Å². The van der Waals surface area contributed by atoms with Crippen LogP contribution in [0.3, 0.4) is 0 Å². The van der Waals surface area contributed by atoms with Crippen molar-refractivity contribution in [2.24, 2.45) is 5.92 Å². The molecule has 1 rings (SSSR count). The lowest BCUT2D eigenvalue weighted by molar-refractivity contribution is 0.366. The summed E-state index contributed by atoms with van der Waals surface area (Å²) in [5.41, 5.74) is 0. The van der Waals surface area contributed by atoms with Gasteiger partial charge in [-0.05, 0) is 25.3 Å². The molecule has 0 heterocycles. The normalized spacial score (nSPS) is 19.1. The highest BCUT2D eigenvalue weighted by Crippen LogP contribution is 2.29. The van der Waals surface area contributed by atoms with Crippen molar-refractivity contribution in [3.8, 4) is 0 Å². The second kappa shape index (κ2) is 9.04. The van der Waals surface area contributed by atoms with Gasteiger partial charge in [0.15, 0.2) is 0 Å². The van der Waals surface area contributed by atoms with Gasteiger partial charge < -0.3 is 5.32 Å². The number of unbranched alkanes of at least 4 members (excludes halogenated alkanes) is 3. The van der Waals surface area contributed by atoms with Gasteiger partial charge in [-0.2, -0.15) is 0 Å². The molecule has 0 aliphatic heterocycles. The first-order valence-corrected chi connectivity index (χ1v) is 7.60. The third-order valence-corrected chi connectivity index (χ3v) is 3.99. The summed E-state index contributed by atoms with van der Waals surface area (Å²) in [4.78, 5) is 0. The molecule has 0 spiro atoms. The van der Waals surface area contributed by atoms with E-state index in [1.165, 1.54) is 64.2 Å². The summed E-state index contributed by atoms with van der Waals surface area (Å²) >= 11 is 0. The zero-order valence-corrected chi connectivity index (χ0v) is 11.4. The lowest BCUT2D eigenvalue weighted by atomic mass is 9.94. The largest absolute Gasteiger partial charge is 0.314 e. The molecular weight excluding hydrogens is 194 g/mol. The van der Waals surface area contributed by atoms with E-state index in [0.29, 0.717) is 0 Å². The fraction of sp³-hybridized carbons (Fsp3) is 1.00. The van der Waals surface area contributed by atoms with Crippen molar-refractivity contribution >= 4 is 0 Å². The third-order valence-electron chi connectivity index (χ3n) is 3.99. The van der Waals surface area contributed by atoms with Crippen molar-refractivity contribution in [3.05, 3.63) is 0 Å². The maximum Gasteiger partial charge on any atom is 0.00695 e. The van der Waals surface area contributed by atoms with Crippen LogP contribution in [0.15, 0.2) is 0 Å². The van der Waals surface area contributed by atoms with Gasteiger partial charge in [-0.15, -0.1) is 0 Å². The molecule has 1 unspecified atom stereocenters. The zero-order chi connectivity index (χ0) is 11.6. The highest BCUT2D eigenvalue weighted by molar-refractivity contribution is 4.75. The fourth-order valence-corrected chi connectivity index (χ4v) is 3.06. The van der Waals surface area contributed by atoms with Gasteiger partial charge >= 0.3 is 0 Å². The molecule has 0 aromatic rings. The van der Waals surface area contributed by atoms with Crippen molar-refractivity contribution in [1.82, 2.24) is 5.32 Å². The second-order valence-corrected chi connectivity index (χ2v) is 5.49. The predicted octanol–water partition coefficient (Wildman–Crippen LogP) is 4.52. The Labute approximate surface area is 102 Å². The van der Waals surface area contributed by atoms with Crippen LogP contribution in [0.2, 0.25) is 0 Å². The zero-order valence-electron chi connectivity index (χ0n) is 11.4. The quantitative estimate of drug-likeness (QED) is 0.569. The van der Waals surface area contributed by atoms with Gasteiger partial charge in [0.25, 0.3) is 0 Å². The van der Waals surface area contributed by atoms with Crippen LogP contribution in [0, 0.1) is 5.92 Å². The van der Waals surface area contributed by atoms with Crippen LogP contribution in [0.4, 0.5) is 0 Å². The van der Waals surface area contributed by atoms with E-state index in [-0.39, 0.29) is 0 Å². The van der Waals surface area contributed by atoms with E-state index in [9.17, 15) is 0 Å². The maximum absolute atomic E-state index is 3.69. The summed E-state index contributed by atoms with van der Waals surface area (Å²) in [5.74, 6) is 1.04. The van der Waals surface area contributed by atoms with Crippen LogP contribution in [-0.2, 0) is 0 Å². The SMILES string of the molecule is CCCCCCC(CC1CCCC1)NCC. The van der Waals surface area contributed by atoms with Gasteiger partial charge in [-0.25, -0.2) is 0 Å². The average Bonchev–Trinajstić information content (AvgIpc) is 2.77. The molecule has 1 N–H and O–H groups in total. The van der Waals surface area contributed by atoms with Crippen LogP contribution in [0.1, 0.15) is 78.1 Å². The molecule has 0 saturated heterocycles. The molecule has 1 heteroatoms. The molecule has 0 bridgehead atoms. The molecule has 1 saturated carbocycles. The van der Waals surface area contributed by atoms with Crippen molar-refractivity contribution in [2.75, 3.05) is 6.54 Å². The lowest BCUT2D eigenvalue weighted by Gasteiger charge is -2.21. The summed E-state index contributed by atoms with van der Waals surface area (Å²) in [5, 5.41) is 3.69. The van der Waals surface area contributed by atoms with Gasteiger partial charge in [0, 0.05) is 6.04 Å². The Bertz CT molecular complexity index is 150. The molecule has 1 fully saturated rings. The number of rotatable bonds is 9. The summed E-state index contributed by atoms with van der Waals surface area (Å²) in [6.07, 6.45) is 14.5. The molecule has 1 aliphatic carbocycles. The minimum atomic E-state index is 0.810. The Balaban J connectivity index is 2.12. The number of nitrogens with one attached hydrogen (secondary N) is 1. The van der Waals surface area contributed by atoms with Gasteiger partial charge in [0.05, 0.1) is 0 Å². The molecular formula is C15H31N. The molecule has 1 nitrogen and oxygen atoms in total. The molecule has 0 aromatic heterocycles. The molecule has 0 radical (unpaired) electrons. The smallest absolute Gasteiger partial charge is 0.00695 e. The minimum Gasteiger partial charge on any atom is -0.314 e. The molecule has 0 aromatic carbocycles. The summed E-state index contributed by atoms with van der Waals surface area (Å²) in [6.45, 7) is 5.68. The van der Waals surface area contributed by atoms with Crippen molar-refractivity contribution in [2.45, 2.75) is 84.1 Å². The highest BCUT2D eigenvalue weighted by Gasteiger charge is 2.19. The van der Waals surface area contributed by atoms with Crippen LogP contribution >= 0.6 is 0 Å². The average molecular weight is 225 g/mol. The first-order chi connectivity index (χ1) is 7.86. The van der Waals surface area contributed by atoms with E-state index in [2.05, 4.69) is 19.2 Å². The number of hydrogen-bond acceptors (Lipinski definition) is 1. The van der Waals surface area contributed by atoms with Crippen LogP contribution < -0.4 is 5.32 Å². The first-order valence-electron chi connectivity index (χ1n) is 7.60. The Morgan fingerprint density at radius 2 is 1.81 bits per heavy atom. The highest BCUT2D eigenvalue weighted by atomic mass is 14.9. The van der Waals surface area contributed by atoms with Crippen LogP contribution in [0.25, 0.3) is 0 Å². The van der Waals surface area contributed by atoms with Crippen molar-refractivity contribution in [1.29, 1.82) is 0 Å². The second-order valence-electron chi connectivity index (χ2n) is 5.49. The van der Waals surface area contributed by atoms with E-state index in [0.717, 1.165) is 18.5 Å². The summed E-state index contributed by atoms with van der Waals surface area (Å²) in [6, 6.07) is 0.810. The van der Waals surface area contributed by atoms with Crippen LogP contribution in [-0.4, -0.2) is 12.6 Å². The third kappa shape index (κ3) is 5.89. The standard InChI is InChI=1S/C15H31N/c1-3-5-6-7-12-15(16-4-2)13-14-10-8-9-11-14/h14-16H,3-13H2,1-2H3. The first kappa shape index (κ1) is 14.0. The van der Waals surface area contributed by atoms with E-state index >= 15 is 0 Å². The molecule has 16 heavy (non-hydrogen) atoms. The molecule has 96 valence electrons. The van der Waals surface area contributed by atoms with Gasteiger partial charge in [-0.1, -0.05) is 65.2 Å². The maximum atomic E-state index is 3.69. The Morgan fingerprint density at radius 1 is 1.06 bits per heavy atom. The van der Waals surface area contributed by atoms with Gasteiger partial charge in [0.1, 0.15) is 0 Å². The van der Waals surface area contributed by atoms with E-state index in [1.807, 2.05) is 0 Å². The van der Waals surface area contributed by atoms with Gasteiger partial charge in [-0.3, -0.25) is 0 Å². The summed E-state index contributed by atoms with van der Waals surface area (Å²) in [7, 11) is 0. The Kier molecular flexibility index (Phi) is 7.92. The van der Waals surface area contributed by atoms with Crippen molar-refractivity contribution in [3.63, 3.8) is 0 Å². The molecule has 0 amide bonds. The Hall–Kier alpha value is -0.0400. The monoisotopic (exact) mass is 225 g/mol. The van der Waals surface area contributed by atoms with Crippen LogP contribution in [0.5, 0.6) is 0 Å². The summed E-state index contributed by atoms with van der Waals surface area (Å²) < 4.78 is 0. The fourth-order valence-electron chi connectivity index (χ4n) is 3.06. The lowest BCUT2D eigenvalue weighted by Crippen LogP contribution is -2.30. The Morgan fingerprint density at radius 3 is 2.44 bits per heavy atom. The van der Waals surface area contributed by atoms with Crippen molar-refractivity contribution < 1.29 is 0 Å². The minimum absolute atomic E-state index is 0.810. The molecule has 1 aliphatic rings. The molecule has 1 atom stereocenters.